The first-order valence-corrected chi connectivity index (χ1v) is 12.1. The largest absolute Gasteiger partial charge is 0.368 e. The molecular weight excluding hydrogens is 457 g/mol. The van der Waals surface area contributed by atoms with E-state index in [2.05, 4.69) is 0 Å². The molecule has 1 saturated heterocycles. The summed E-state index contributed by atoms with van der Waals surface area (Å²) in [5, 5.41) is 0.00466. The van der Waals surface area contributed by atoms with E-state index < -0.39 is 33.7 Å². The topological polar surface area (TPSA) is 101 Å². The van der Waals surface area contributed by atoms with Gasteiger partial charge >= 0.3 is 0 Å². The Kier molecular flexibility index (Phi) is 7.53. The number of hydrogen-bond donors (Lipinski definition) is 1. The molecule has 2 amide bonds. The number of carbonyl (C=O) groups excluding carboxylic acids is 2. The lowest BCUT2D eigenvalue weighted by Gasteiger charge is -2.27. The number of carbonyl (C=O) groups is 2. The van der Waals surface area contributed by atoms with Crippen LogP contribution in [-0.4, -0.2) is 49.6 Å². The summed E-state index contributed by atoms with van der Waals surface area (Å²) in [5.74, 6) is -2.08. The molecule has 1 unspecified atom stereocenters. The second-order valence-electron chi connectivity index (χ2n) is 7.74. The molecule has 7 nitrogen and oxygen atoms in total. The Morgan fingerprint density at radius 2 is 1.75 bits per heavy atom. The maximum absolute atomic E-state index is 13.7. The fourth-order valence-electron chi connectivity index (χ4n) is 3.83. The molecule has 2 aromatic carbocycles. The van der Waals surface area contributed by atoms with Crippen LogP contribution in [0, 0.1) is 5.82 Å². The van der Waals surface area contributed by atoms with Gasteiger partial charge in [-0.1, -0.05) is 36.6 Å². The number of benzene rings is 2. The van der Waals surface area contributed by atoms with E-state index in [1.54, 1.807) is 0 Å². The summed E-state index contributed by atoms with van der Waals surface area (Å²) in [7, 11) is -2.56. The van der Waals surface area contributed by atoms with E-state index in [0.29, 0.717) is 13.1 Å². The van der Waals surface area contributed by atoms with Gasteiger partial charge in [-0.05, 0) is 48.7 Å². The van der Waals surface area contributed by atoms with E-state index in [0.717, 1.165) is 36.6 Å². The quantitative estimate of drug-likeness (QED) is 0.683. The first-order valence-electron chi connectivity index (χ1n) is 10.2. The lowest BCUT2D eigenvalue weighted by Crippen LogP contribution is -2.39. The predicted octanol–water partition coefficient (Wildman–Crippen LogP) is 3.34. The van der Waals surface area contributed by atoms with Crippen molar-refractivity contribution in [2.45, 2.75) is 36.6 Å². The summed E-state index contributed by atoms with van der Waals surface area (Å²) >= 11 is 6.20. The minimum atomic E-state index is -3.90. The first-order chi connectivity index (χ1) is 15.1. The number of nitrogens with zero attached hydrogens (tertiary/aromatic N) is 2. The van der Waals surface area contributed by atoms with Crippen LogP contribution < -0.4 is 5.73 Å². The van der Waals surface area contributed by atoms with Gasteiger partial charge in [0.2, 0.25) is 15.9 Å². The standard InChI is InChI=1S/C22H25ClFN3O4S/c1-26(20(21(25)28)15-7-6-8-17(24)13-15)22(29)16-9-10-18(23)19(14-16)32(30,31)27-11-4-2-3-5-12-27/h6-10,13-14,20H,2-5,11-12H2,1H3,(H2,25,28). The van der Waals surface area contributed by atoms with Crippen LogP contribution in [0.5, 0.6) is 0 Å². The van der Waals surface area contributed by atoms with Crippen molar-refractivity contribution in [2.75, 3.05) is 20.1 Å². The highest BCUT2D eigenvalue weighted by molar-refractivity contribution is 7.89. The van der Waals surface area contributed by atoms with Crippen molar-refractivity contribution in [3.8, 4) is 0 Å². The maximum atomic E-state index is 13.7. The fraction of sp³-hybridized carbons (Fsp3) is 0.364. The molecule has 1 fully saturated rings. The SMILES string of the molecule is CN(C(=O)c1ccc(Cl)c(S(=O)(=O)N2CCCCCC2)c1)C(C(N)=O)c1cccc(F)c1. The average molecular weight is 482 g/mol. The summed E-state index contributed by atoms with van der Waals surface area (Å²) in [6.45, 7) is 0.778. The van der Waals surface area contributed by atoms with Crippen molar-refractivity contribution in [2.24, 2.45) is 5.73 Å². The molecule has 0 radical (unpaired) electrons. The molecule has 0 spiro atoms. The van der Waals surface area contributed by atoms with Crippen molar-refractivity contribution in [1.29, 1.82) is 0 Å². The molecule has 0 saturated carbocycles. The number of amides is 2. The second-order valence-corrected chi connectivity index (χ2v) is 10.1. The smallest absolute Gasteiger partial charge is 0.254 e. The van der Waals surface area contributed by atoms with Crippen LogP contribution in [0.2, 0.25) is 5.02 Å². The summed E-state index contributed by atoms with van der Waals surface area (Å²) in [6.07, 6.45) is 3.42. The fourth-order valence-corrected chi connectivity index (χ4v) is 5.85. The summed E-state index contributed by atoms with van der Waals surface area (Å²) in [4.78, 5) is 26.1. The van der Waals surface area contributed by atoms with Crippen LogP contribution >= 0.6 is 11.6 Å². The van der Waals surface area contributed by atoms with Crippen molar-refractivity contribution in [3.63, 3.8) is 0 Å². The molecule has 10 heteroatoms. The summed E-state index contributed by atoms with van der Waals surface area (Å²) in [5.41, 5.74) is 5.72. The Balaban J connectivity index is 1.95. The first kappa shape index (κ1) is 24.2. The molecule has 1 aliphatic rings. The molecule has 0 bridgehead atoms. The Bertz CT molecular complexity index is 1120. The lowest BCUT2D eigenvalue weighted by molar-refractivity contribution is -0.122. The van der Waals surface area contributed by atoms with E-state index in [4.69, 9.17) is 17.3 Å². The monoisotopic (exact) mass is 481 g/mol. The molecule has 2 N–H and O–H groups in total. The molecule has 0 aromatic heterocycles. The molecular formula is C22H25ClFN3O4S. The molecule has 3 rings (SSSR count). The molecule has 32 heavy (non-hydrogen) atoms. The number of nitrogens with two attached hydrogens (primary N) is 1. The lowest BCUT2D eigenvalue weighted by atomic mass is 10.0. The highest BCUT2D eigenvalue weighted by Gasteiger charge is 2.31. The molecule has 1 atom stereocenters. The van der Waals surface area contributed by atoms with Crippen LogP contribution in [0.1, 0.15) is 47.6 Å². The van der Waals surface area contributed by atoms with Crippen molar-refractivity contribution >= 4 is 33.4 Å². The Morgan fingerprint density at radius 3 is 2.34 bits per heavy atom. The predicted molar refractivity (Wildman–Crippen MR) is 119 cm³/mol. The van der Waals surface area contributed by atoms with Gasteiger partial charge in [0, 0.05) is 25.7 Å². The number of likely N-dealkylation sites (N-methyl/N-ethyl adjacent to an activating group) is 1. The molecule has 1 aliphatic heterocycles. The van der Waals surface area contributed by atoms with Crippen LogP contribution in [0.4, 0.5) is 4.39 Å². The van der Waals surface area contributed by atoms with E-state index in [-0.39, 0.29) is 21.0 Å². The van der Waals surface area contributed by atoms with Crippen LogP contribution in [0.15, 0.2) is 47.4 Å². The van der Waals surface area contributed by atoms with E-state index in [1.165, 1.54) is 47.8 Å². The molecule has 172 valence electrons. The molecule has 2 aromatic rings. The van der Waals surface area contributed by atoms with Gasteiger partial charge in [-0.15, -0.1) is 0 Å². The Morgan fingerprint density at radius 1 is 1.09 bits per heavy atom. The van der Waals surface area contributed by atoms with Crippen molar-refractivity contribution in [1.82, 2.24) is 9.21 Å². The maximum Gasteiger partial charge on any atom is 0.254 e. The normalized spacial score (nSPS) is 16.2. The van der Waals surface area contributed by atoms with Gasteiger partial charge in [-0.3, -0.25) is 9.59 Å². The Hall–Kier alpha value is -2.49. The summed E-state index contributed by atoms with van der Waals surface area (Å²) in [6, 6.07) is 7.93. The zero-order valence-electron chi connectivity index (χ0n) is 17.6. The highest BCUT2D eigenvalue weighted by atomic mass is 35.5. The van der Waals surface area contributed by atoms with E-state index >= 15 is 0 Å². The van der Waals surface area contributed by atoms with Crippen molar-refractivity contribution < 1.29 is 22.4 Å². The van der Waals surface area contributed by atoms with E-state index in [1.807, 2.05) is 0 Å². The summed E-state index contributed by atoms with van der Waals surface area (Å²) < 4.78 is 41.5. The van der Waals surface area contributed by atoms with Crippen LogP contribution in [-0.2, 0) is 14.8 Å². The number of primary amides is 1. The number of hydrogen-bond acceptors (Lipinski definition) is 4. The second kappa shape index (κ2) is 9.97. The van der Waals surface area contributed by atoms with Crippen LogP contribution in [0.3, 0.4) is 0 Å². The Labute approximate surface area is 192 Å². The molecule has 0 aliphatic carbocycles. The van der Waals surface area contributed by atoms with E-state index in [9.17, 15) is 22.4 Å². The third-order valence-corrected chi connectivity index (χ3v) is 7.88. The third kappa shape index (κ3) is 5.11. The highest BCUT2D eigenvalue weighted by Crippen LogP contribution is 2.29. The van der Waals surface area contributed by atoms with Gasteiger partial charge in [-0.2, -0.15) is 4.31 Å². The van der Waals surface area contributed by atoms with Gasteiger partial charge in [0.1, 0.15) is 16.8 Å². The zero-order chi connectivity index (χ0) is 23.5. The average Bonchev–Trinajstić information content (AvgIpc) is 3.03. The minimum absolute atomic E-state index is 0.00466. The van der Waals surface area contributed by atoms with Gasteiger partial charge in [0.15, 0.2) is 0 Å². The zero-order valence-corrected chi connectivity index (χ0v) is 19.2. The number of halogens is 2. The van der Waals surface area contributed by atoms with Gasteiger partial charge in [0.05, 0.1) is 5.02 Å². The number of sulfonamides is 1. The van der Waals surface area contributed by atoms with Gasteiger partial charge in [0.25, 0.3) is 5.91 Å². The van der Waals surface area contributed by atoms with Crippen molar-refractivity contribution in [3.05, 3.63) is 64.4 Å². The number of rotatable bonds is 6. The van der Waals surface area contributed by atoms with Gasteiger partial charge < -0.3 is 10.6 Å². The van der Waals surface area contributed by atoms with Crippen LogP contribution in [0.25, 0.3) is 0 Å². The van der Waals surface area contributed by atoms with Gasteiger partial charge in [-0.25, -0.2) is 12.8 Å². The minimum Gasteiger partial charge on any atom is -0.368 e. The third-order valence-electron chi connectivity index (χ3n) is 5.50. The molecule has 1 heterocycles.